The topological polar surface area (TPSA) is 63.7 Å². The largest absolute Gasteiger partial charge is 0.484 e. The molecule has 3 rings (SSSR count). The predicted molar refractivity (Wildman–Crippen MR) is 99.1 cm³/mol. The van der Waals surface area contributed by atoms with Gasteiger partial charge in [0.1, 0.15) is 5.75 Å². The van der Waals surface area contributed by atoms with Crippen LogP contribution < -0.4 is 10.1 Å². The Morgan fingerprint density at radius 3 is 2.73 bits per heavy atom. The number of carbonyl (C=O) groups excluding carboxylic acids is 1. The summed E-state index contributed by atoms with van der Waals surface area (Å²) in [5.41, 5.74) is 2.25. The summed E-state index contributed by atoms with van der Waals surface area (Å²) in [6.45, 7) is 5.64. The molecular weight excluding hydrogens is 330 g/mol. The Hall–Kier alpha value is -2.44. The van der Waals surface area contributed by atoms with Crippen molar-refractivity contribution in [2.24, 2.45) is 0 Å². The molecular formula is C20H25N3O3. The number of morpholine rings is 1. The maximum absolute atomic E-state index is 12.2. The maximum Gasteiger partial charge on any atom is 0.258 e. The van der Waals surface area contributed by atoms with Crippen LogP contribution in [0.3, 0.4) is 0 Å². The van der Waals surface area contributed by atoms with E-state index in [9.17, 15) is 4.79 Å². The first-order valence-corrected chi connectivity index (χ1v) is 8.90. The van der Waals surface area contributed by atoms with Crippen LogP contribution in [-0.2, 0) is 9.53 Å². The first-order chi connectivity index (χ1) is 12.7. The monoisotopic (exact) mass is 355 g/mol. The molecule has 1 unspecified atom stereocenters. The number of amides is 1. The van der Waals surface area contributed by atoms with Crippen LogP contribution in [0, 0.1) is 6.92 Å². The van der Waals surface area contributed by atoms with Gasteiger partial charge in [0.15, 0.2) is 6.61 Å². The third-order valence-corrected chi connectivity index (χ3v) is 4.44. The lowest BCUT2D eigenvalue weighted by Crippen LogP contribution is -2.44. The van der Waals surface area contributed by atoms with Gasteiger partial charge in [-0.2, -0.15) is 0 Å². The van der Waals surface area contributed by atoms with Crippen LogP contribution in [-0.4, -0.2) is 55.2 Å². The molecule has 26 heavy (non-hydrogen) atoms. The summed E-state index contributed by atoms with van der Waals surface area (Å²) >= 11 is 0. The van der Waals surface area contributed by atoms with Gasteiger partial charge in [-0.3, -0.25) is 14.7 Å². The first-order valence-electron chi connectivity index (χ1n) is 8.90. The van der Waals surface area contributed by atoms with Crippen LogP contribution in [0.25, 0.3) is 0 Å². The van der Waals surface area contributed by atoms with Gasteiger partial charge in [-0.05, 0) is 30.7 Å². The molecule has 1 saturated heterocycles. The van der Waals surface area contributed by atoms with Crippen LogP contribution in [0.5, 0.6) is 5.75 Å². The molecule has 6 nitrogen and oxygen atoms in total. The summed E-state index contributed by atoms with van der Waals surface area (Å²) in [5, 5.41) is 2.99. The zero-order valence-electron chi connectivity index (χ0n) is 15.1. The molecule has 1 atom stereocenters. The zero-order chi connectivity index (χ0) is 18.2. The number of hydrogen-bond acceptors (Lipinski definition) is 5. The molecule has 2 heterocycles. The summed E-state index contributed by atoms with van der Waals surface area (Å²) in [7, 11) is 0. The zero-order valence-corrected chi connectivity index (χ0v) is 15.1. The number of aryl methyl sites for hydroxylation is 1. The molecule has 0 bridgehead atoms. The lowest BCUT2D eigenvalue weighted by atomic mass is 10.1. The van der Waals surface area contributed by atoms with Gasteiger partial charge < -0.3 is 14.8 Å². The third-order valence-electron chi connectivity index (χ3n) is 4.44. The van der Waals surface area contributed by atoms with Crippen molar-refractivity contribution in [1.82, 2.24) is 15.2 Å². The van der Waals surface area contributed by atoms with E-state index in [0.29, 0.717) is 25.5 Å². The van der Waals surface area contributed by atoms with Crippen molar-refractivity contribution in [2.75, 3.05) is 39.5 Å². The van der Waals surface area contributed by atoms with E-state index in [1.54, 1.807) is 6.20 Å². The van der Waals surface area contributed by atoms with Crippen LogP contribution >= 0.6 is 0 Å². The highest BCUT2D eigenvalue weighted by Gasteiger charge is 2.23. The van der Waals surface area contributed by atoms with Gasteiger partial charge in [0.25, 0.3) is 5.91 Å². The standard InChI is InChI=1S/C20H25N3O3/c1-16-4-6-18(7-5-16)26-15-20(24)22-14-19(17-3-2-8-21-13-17)23-9-11-25-12-10-23/h2-8,13,19H,9-12,14-15H2,1H3,(H,22,24). The summed E-state index contributed by atoms with van der Waals surface area (Å²) < 4.78 is 11.0. The number of ether oxygens (including phenoxy) is 2. The van der Waals surface area contributed by atoms with Gasteiger partial charge in [-0.15, -0.1) is 0 Å². The number of pyridine rings is 1. The molecule has 1 fully saturated rings. The fourth-order valence-electron chi connectivity index (χ4n) is 2.96. The third kappa shape index (κ3) is 5.28. The molecule has 1 aliphatic heterocycles. The summed E-state index contributed by atoms with van der Waals surface area (Å²) in [5.74, 6) is 0.565. The van der Waals surface area contributed by atoms with Gasteiger partial charge in [-0.1, -0.05) is 23.8 Å². The van der Waals surface area contributed by atoms with Crippen molar-refractivity contribution in [3.8, 4) is 5.75 Å². The average molecular weight is 355 g/mol. The maximum atomic E-state index is 12.2. The van der Waals surface area contributed by atoms with E-state index in [0.717, 1.165) is 24.2 Å². The second kappa shape index (κ2) is 9.31. The van der Waals surface area contributed by atoms with E-state index in [1.165, 1.54) is 0 Å². The van der Waals surface area contributed by atoms with Crippen molar-refractivity contribution < 1.29 is 14.3 Å². The summed E-state index contributed by atoms with van der Waals surface area (Å²) in [4.78, 5) is 18.7. The van der Waals surface area contributed by atoms with Crippen molar-refractivity contribution in [3.63, 3.8) is 0 Å². The normalized spacial score (nSPS) is 16.0. The van der Waals surface area contributed by atoms with Crippen molar-refractivity contribution in [2.45, 2.75) is 13.0 Å². The van der Waals surface area contributed by atoms with Crippen LogP contribution in [0.4, 0.5) is 0 Å². The van der Waals surface area contributed by atoms with Gasteiger partial charge in [0, 0.05) is 32.0 Å². The minimum absolute atomic E-state index is 0.00588. The van der Waals surface area contributed by atoms with E-state index >= 15 is 0 Å². The highest BCUT2D eigenvalue weighted by atomic mass is 16.5. The average Bonchev–Trinajstić information content (AvgIpc) is 2.69. The lowest BCUT2D eigenvalue weighted by molar-refractivity contribution is -0.123. The molecule has 0 radical (unpaired) electrons. The number of rotatable bonds is 7. The number of hydrogen-bond donors (Lipinski definition) is 1. The highest BCUT2D eigenvalue weighted by Crippen LogP contribution is 2.20. The SMILES string of the molecule is Cc1ccc(OCC(=O)NCC(c2cccnc2)N2CCOCC2)cc1. The Morgan fingerprint density at radius 2 is 2.04 bits per heavy atom. The molecule has 1 aliphatic rings. The van der Waals surface area contributed by atoms with Gasteiger partial charge in [0.2, 0.25) is 0 Å². The minimum atomic E-state index is -0.132. The van der Waals surface area contributed by atoms with E-state index in [-0.39, 0.29) is 18.6 Å². The van der Waals surface area contributed by atoms with Gasteiger partial charge in [0.05, 0.1) is 19.3 Å². The van der Waals surface area contributed by atoms with E-state index in [4.69, 9.17) is 9.47 Å². The first kappa shape index (κ1) is 18.4. The molecule has 1 aromatic heterocycles. The van der Waals surface area contributed by atoms with Crippen LogP contribution in [0.2, 0.25) is 0 Å². The molecule has 1 amide bonds. The number of carbonyl (C=O) groups is 1. The Kier molecular flexibility index (Phi) is 6.57. The smallest absolute Gasteiger partial charge is 0.258 e. The molecule has 0 spiro atoms. The number of benzene rings is 1. The second-order valence-electron chi connectivity index (χ2n) is 6.36. The van der Waals surface area contributed by atoms with E-state index < -0.39 is 0 Å². The molecule has 1 N–H and O–H groups in total. The molecule has 1 aromatic carbocycles. The van der Waals surface area contributed by atoms with Gasteiger partial charge >= 0.3 is 0 Å². The van der Waals surface area contributed by atoms with E-state index in [1.807, 2.05) is 49.5 Å². The van der Waals surface area contributed by atoms with Crippen LogP contribution in [0.1, 0.15) is 17.2 Å². The molecule has 0 aliphatic carbocycles. The molecule has 6 heteroatoms. The van der Waals surface area contributed by atoms with Crippen molar-refractivity contribution in [1.29, 1.82) is 0 Å². The Bertz CT molecular complexity index is 685. The predicted octanol–water partition coefficient (Wildman–Crippen LogP) is 1.96. The number of nitrogens with zero attached hydrogens (tertiary/aromatic N) is 2. The molecule has 138 valence electrons. The second-order valence-corrected chi connectivity index (χ2v) is 6.36. The summed E-state index contributed by atoms with van der Waals surface area (Å²) in [6, 6.07) is 11.7. The fourth-order valence-corrected chi connectivity index (χ4v) is 2.96. The van der Waals surface area contributed by atoms with Crippen molar-refractivity contribution in [3.05, 3.63) is 59.9 Å². The lowest BCUT2D eigenvalue weighted by Gasteiger charge is -2.34. The Labute approximate surface area is 154 Å². The quantitative estimate of drug-likeness (QED) is 0.823. The van der Waals surface area contributed by atoms with E-state index in [2.05, 4.69) is 15.2 Å². The van der Waals surface area contributed by atoms with Gasteiger partial charge in [-0.25, -0.2) is 0 Å². The highest BCUT2D eigenvalue weighted by molar-refractivity contribution is 5.77. The van der Waals surface area contributed by atoms with Crippen LogP contribution in [0.15, 0.2) is 48.8 Å². The fraction of sp³-hybridized carbons (Fsp3) is 0.400. The van der Waals surface area contributed by atoms with Crippen molar-refractivity contribution >= 4 is 5.91 Å². The minimum Gasteiger partial charge on any atom is -0.484 e. The number of nitrogens with one attached hydrogen (secondary N) is 1. The molecule has 2 aromatic rings. The Balaban J connectivity index is 1.54. The molecule has 0 saturated carbocycles. The Morgan fingerprint density at radius 1 is 1.27 bits per heavy atom. The number of aromatic nitrogens is 1. The summed E-state index contributed by atoms with van der Waals surface area (Å²) in [6.07, 6.45) is 3.61.